The summed E-state index contributed by atoms with van der Waals surface area (Å²) < 4.78 is 7.90. The number of rotatable bonds is 8. The van der Waals surface area contributed by atoms with Crippen molar-refractivity contribution in [2.24, 2.45) is 0 Å². The molecule has 1 saturated heterocycles. The predicted molar refractivity (Wildman–Crippen MR) is 104 cm³/mol. The van der Waals surface area contributed by atoms with E-state index in [9.17, 15) is 0 Å². The molecule has 26 heavy (non-hydrogen) atoms. The SMILES string of the molecule is CCCCCCCn1cc(-c2noc(C3CCCN3)n2)c2ccccc21. The van der Waals surface area contributed by atoms with Gasteiger partial charge in [0.25, 0.3) is 0 Å². The summed E-state index contributed by atoms with van der Waals surface area (Å²) in [6.45, 7) is 4.32. The van der Waals surface area contributed by atoms with Crippen LogP contribution in [0.25, 0.3) is 22.3 Å². The number of aryl methyl sites for hydroxylation is 1. The average Bonchev–Trinajstić information content (AvgIpc) is 3.41. The Labute approximate surface area is 154 Å². The van der Waals surface area contributed by atoms with E-state index in [1.165, 1.54) is 49.4 Å². The highest BCUT2D eigenvalue weighted by atomic mass is 16.5. The van der Waals surface area contributed by atoms with Crippen LogP contribution in [0.15, 0.2) is 35.0 Å². The van der Waals surface area contributed by atoms with E-state index in [-0.39, 0.29) is 6.04 Å². The van der Waals surface area contributed by atoms with Crippen molar-refractivity contribution in [3.63, 3.8) is 0 Å². The third-order valence-electron chi connectivity index (χ3n) is 5.33. The zero-order valence-electron chi connectivity index (χ0n) is 15.6. The van der Waals surface area contributed by atoms with Crippen LogP contribution in [0, 0.1) is 0 Å². The highest BCUT2D eigenvalue weighted by Gasteiger charge is 2.23. The van der Waals surface area contributed by atoms with Gasteiger partial charge in [0.2, 0.25) is 11.7 Å². The number of fused-ring (bicyclic) bond motifs is 1. The van der Waals surface area contributed by atoms with E-state index < -0.39 is 0 Å². The molecule has 1 unspecified atom stereocenters. The van der Waals surface area contributed by atoms with E-state index in [4.69, 9.17) is 9.51 Å². The van der Waals surface area contributed by atoms with Gasteiger partial charge in [0.1, 0.15) is 0 Å². The van der Waals surface area contributed by atoms with Gasteiger partial charge in [0.15, 0.2) is 0 Å². The van der Waals surface area contributed by atoms with E-state index in [1.54, 1.807) is 0 Å². The van der Waals surface area contributed by atoms with Crippen molar-refractivity contribution in [1.29, 1.82) is 0 Å². The highest BCUT2D eigenvalue weighted by Crippen LogP contribution is 2.31. The first-order valence-electron chi connectivity index (χ1n) is 10.0. The van der Waals surface area contributed by atoms with Crippen molar-refractivity contribution in [2.45, 2.75) is 64.5 Å². The van der Waals surface area contributed by atoms with Crippen LogP contribution < -0.4 is 5.32 Å². The monoisotopic (exact) mass is 352 g/mol. The third-order valence-corrected chi connectivity index (χ3v) is 5.33. The summed E-state index contributed by atoms with van der Waals surface area (Å²) in [5.74, 6) is 1.42. The molecule has 1 N–H and O–H groups in total. The van der Waals surface area contributed by atoms with Crippen LogP contribution in [0.5, 0.6) is 0 Å². The Morgan fingerprint density at radius 3 is 2.92 bits per heavy atom. The lowest BCUT2D eigenvalue weighted by atomic mass is 10.1. The van der Waals surface area contributed by atoms with Gasteiger partial charge in [-0.25, -0.2) is 0 Å². The van der Waals surface area contributed by atoms with Gasteiger partial charge in [-0.1, -0.05) is 56.0 Å². The Balaban J connectivity index is 1.57. The summed E-state index contributed by atoms with van der Waals surface area (Å²) in [7, 11) is 0. The van der Waals surface area contributed by atoms with Crippen LogP contribution in [0.1, 0.15) is 63.8 Å². The normalized spacial score (nSPS) is 17.3. The fourth-order valence-electron chi connectivity index (χ4n) is 3.88. The van der Waals surface area contributed by atoms with Gasteiger partial charge in [-0.3, -0.25) is 0 Å². The molecule has 5 nitrogen and oxygen atoms in total. The number of hydrogen-bond donors (Lipinski definition) is 1. The summed E-state index contributed by atoms with van der Waals surface area (Å²) in [6.07, 6.45) is 10.9. The largest absolute Gasteiger partial charge is 0.347 e. The van der Waals surface area contributed by atoms with Crippen LogP contribution in [0.4, 0.5) is 0 Å². The summed E-state index contributed by atoms with van der Waals surface area (Å²) in [6, 6.07) is 8.73. The number of nitrogens with zero attached hydrogens (tertiary/aromatic N) is 3. The van der Waals surface area contributed by atoms with E-state index in [1.807, 2.05) is 0 Å². The van der Waals surface area contributed by atoms with Gasteiger partial charge in [-0.2, -0.15) is 4.98 Å². The number of hydrogen-bond acceptors (Lipinski definition) is 4. The summed E-state index contributed by atoms with van der Waals surface area (Å²) in [4.78, 5) is 4.69. The molecule has 0 bridgehead atoms. The maximum atomic E-state index is 5.55. The van der Waals surface area contributed by atoms with Crippen molar-refractivity contribution in [2.75, 3.05) is 6.54 Å². The molecule has 0 saturated carbocycles. The highest BCUT2D eigenvalue weighted by molar-refractivity contribution is 5.94. The second-order valence-electron chi connectivity index (χ2n) is 7.27. The minimum atomic E-state index is 0.211. The molecule has 1 fully saturated rings. The van der Waals surface area contributed by atoms with Crippen molar-refractivity contribution >= 4 is 10.9 Å². The molecular formula is C21H28N4O. The van der Waals surface area contributed by atoms with Crippen LogP contribution in [0.3, 0.4) is 0 Å². The van der Waals surface area contributed by atoms with E-state index in [0.717, 1.165) is 25.1 Å². The standard InChI is InChI=1S/C21H28N4O/c1-2-3-4-5-8-14-25-15-17(16-10-6-7-12-19(16)25)20-23-21(26-24-20)18-11-9-13-22-18/h6-7,10,12,15,18,22H,2-5,8-9,11,13-14H2,1H3. The molecule has 0 amide bonds. The molecule has 4 rings (SSSR count). The Kier molecular flexibility index (Phi) is 5.34. The van der Waals surface area contributed by atoms with Gasteiger partial charge in [0, 0.05) is 29.2 Å². The number of benzene rings is 1. The minimum Gasteiger partial charge on any atom is -0.347 e. The maximum Gasteiger partial charge on any atom is 0.244 e. The van der Waals surface area contributed by atoms with Crippen molar-refractivity contribution in [3.8, 4) is 11.4 Å². The molecule has 5 heteroatoms. The molecule has 0 spiro atoms. The number of unbranched alkanes of at least 4 members (excludes halogenated alkanes) is 4. The molecule has 3 heterocycles. The van der Waals surface area contributed by atoms with Crippen molar-refractivity contribution < 1.29 is 4.52 Å². The van der Waals surface area contributed by atoms with Crippen LogP contribution in [0.2, 0.25) is 0 Å². The first-order chi connectivity index (χ1) is 12.9. The van der Waals surface area contributed by atoms with Gasteiger partial charge in [-0.05, 0) is 31.9 Å². The fraction of sp³-hybridized carbons (Fsp3) is 0.524. The second kappa shape index (κ2) is 8.04. The molecule has 138 valence electrons. The second-order valence-corrected chi connectivity index (χ2v) is 7.27. The minimum absolute atomic E-state index is 0.211. The predicted octanol–water partition coefficient (Wildman–Crippen LogP) is 5.09. The van der Waals surface area contributed by atoms with E-state index in [0.29, 0.717) is 11.7 Å². The van der Waals surface area contributed by atoms with Crippen LogP contribution in [-0.4, -0.2) is 21.3 Å². The van der Waals surface area contributed by atoms with Gasteiger partial charge < -0.3 is 14.4 Å². The molecule has 1 aliphatic rings. The number of para-hydroxylation sites is 1. The molecule has 1 aliphatic heterocycles. The van der Waals surface area contributed by atoms with Crippen LogP contribution in [-0.2, 0) is 6.54 Å². The molecule has 2 aromatic heterocycles. The number of nitrogens with one attached hydrogen (secondary N) is 1. The quantitative estimate of drug-likeness (QED) is 0.574. The molecule has 0 radical (unpaired) electrons. The van der Waals surface area contributed by atoms with Crippen molar-refractivity contribution in [3.05, 3.63) is 36.4 Å². The topological polar surface area (TPSA) is 55.9 Å². The summed E-state index contributed by atoms with van der Waals surface area (Å²) in [5.41, 5.74) is 2.32. The maximum absolute atomic E-state index is 5.55. The van der Waals surface area contributed by atoms with Gasteiger partial charge >= 0.3 is 0 Å². The van der Waals surface area contributed by atoms with Gasteiger partial charge in [-0.15, -0.1) is 0 Å². The average molecular weight is 352 g/mol. The smallest absolute Gasteiger partial charge is 0.244 e. The molecule has 1 atom stereocenters. The lowest BCUT2D eigenvalue weighted by Crippen LogP contribution is -2.12. The Hall–Kier alpha value is -2.14. The molecular weight excluding hydrogens is 324 g/mol. The lowest BCUT2D eigenvalue weighted by molar-refractivity contribution is 0.345. The Morgan fingerprint density at radius 2 is 2.08 bits per heavy atom. The first-order valence-corrected chi connectivity index (χ1v) is 10.0. The first kappa shape index (κ1) is 17.3. The van der Waals surface area contributed by atoms with E-state index >= 15 is 0 Å². The van der Waals surface area contributed by atoms with Crippen molar-refractivity contribution in [1.82, 2.24) is 20.0 Å². The zero-order valence-corrected chi connectivity index (χ0v) is 15.6. The van der Waals surface area contributed by atoms with E-state index in [2.05, 4.69) is 52.4 Å². The number of aromatic nitrogens is 3. The van der Waals surface area contributed by atoms with Gasteiger partial charge in [0.05, 0.1) is 6.04 Å². The van der Waals surface area contributed by atoms with Crippen LogP contribution >= 0.6 is 0 Å². The Morgan fingerprint density at radius 1 is 1.19 bits per heavy atom. The molecule has 3 aromatic rings. The zero-order chi connectivity index (χ0) is 17.8. The summed E-state index contributed by atoms with van der Waals surface area (Å²) >= 11 is 0. The molecule has 1 aromatic carbocycles. The Bertz CT molecular complexity index is 845. The molecule has 0 aliphatic carbocycles. The fourth-order valence-corrected chi connectivity index (χ4v) is 3.88. The lowest BCUT2D eigenvalue weighted by Gasteiger charge is -2.04. The third kappa shape index (κ3) is 3.54. The summed E-state index contributed by atoms with van der Waals surface area (Å²) in [5, 5.41) is 8.90.